The van der Waals surface area contributed by atoms with Gasteiger partial charge in [0.05, 0.1) is 17.6 Å². The summed E-state index contributed by atoms with van der Waals surface area (Å²) in [5, 5.41) is 1.39. The number of halogens is 2. The zero-order valence-electron chi connectivity index (χ0n) is 17.1. The molecule has 0 aromatic heterocycles. The molecule has 4 bridgehead atoms. The van der Waals surface area contributed by atoms with Crippen LogP contribution in [0.25, 0.3) is 0 Å². The van der Waals surface area contributed by atoms with E-state index in [1.54, 1.807) is 0 Å². The molecule has 4 aliphatic heterocycles. The lowest BCUT2D eigenvalue weighted by molar-refractivity contribution is -0.447. The van der Waals surface area contributed by atoms with E-state index >= 15 is 0 Å². The molecule has 4 aliphatic rings. The Kier molecular flexibility index (Phi) is 4.41. The van der Waals surface area contributed by atoms with Gasteiger partial charge in [0.25, 0.3) is 0 Å². The van der Waals surface area contributed by atoms with Crippen molar-refractivity contribution in [2.75, 3.05) is 0 Å². The first-order valence-electron chi connectivity index (χ1n) is 10.3. The molecule has 2 aromatic carbocycles. The van der Waals surface area contributed by atoms with Gasteiger partial charge in [0.15, 0.2) is 5.79 Å². The Hall–Kier alpha value is -1.10. The van der Waals surface area contributed by atoms with E-state index in [2.05, 4.69) is 27.7 Å². The molecule has 6 rings (SSSR count). The van der Waals surface area contributed by atoms with E-state index in [0.717, 1.165) is 17.5 Å². The molecule has 0 amide bonds. The Bertz CT molecular complexity index is 924. The van der Waals surface area contributed by atoms with Gasteiger partial charge in [0.1, 0.15) is 0 Å². The Labute approximate surface area is 182 Å². The third-order valence-electron chi connectivity index (χ3n) is 6.85. The number of hydrogen-bond donors (Lipinski definition) is 0. The van der Waals surface area contributed by atoms with E-state index in [0.29, 0.717) is 21.9 Å². The first-order valence-corrected chi connectivity index (χ1v) is 11.0. The monoisotopic (exact) mass is 432 g/mol. The summed E-state index contributed by atoms with van der Waals surface area (Å²) in [6, 6.07) is 15.7. The predicted molar refractivity (Wildman–Crippen MR) is 114 cm³/mol. The predicted octanol–water partition coefficient (Wildman–Crippen LogP) is 6.52. The van der Waals surface area contributed by atoms with Crippen LogP contribution in [0, 0.1) is 17.8 Å². The average Bonchev–Trinajstić information content (AvgIpc) is 2.85. The van der Waals surface area contributed by atoms with Gasteiger partial charge < -0.3 is 14.2 Å². The molecule has 3 nitrogen and oxygen atoms in total. The van der Waals surface area contributed by atoms with Crippen LogP contribution in [0.5, 0.6) is 0 Å². The van der Waals surface area contributed by atoms with Gasteiger partial charge in [-0.1, -0.05) is 61.3 Å². The Balaban J connectivity index is 1.72. The van der Waals surface area contributed by atoms with Crippen LogP contribution in [0.15, 0.2) is 48.5 Å². The van der Waals surface area contributed by atoms with Crippen molar-refractivity contribution in [3.8, 4) is 0 Å². The maximum absolute atomic E-state index is 6.89. The van der Waals surface area contributed by atoms with Gasteiger partial charge in [-0.25, -0.2) is 0 Å². The van der Waals surface area contributed by atoms with Crippen molar-refractivity contribution in [2.45, 2.75) is 57.4 Å². The van der Waals surface area contributed by atoms with Gasteiger partial charge in [-0.2, -0.15) is 0 Å². The highest BCUT2D eigenvalue weighted by Crippen LogP contribution is 2.68. The summed E-state index contributed by atoms with van der Waals surface area (Å²) in [6.07, 6.45) is 0.714. The topological polar surface area (TPSA) is 27.7 Å². The fraction of sp³-hybridized carbons (Fsp3) is 0.500. The van der Waals surface area contributed by atoms with Crippen molar-refractivity contribution in [3.63, 3.8) is 0 Å². The summed E-state index contributed by atoms with van der Waals surface area (Å²) in [4.78, 5) is 0. The van der Waals surface area contributed by atoms with E-state index in [1.807, 2.05) is 48.5 Å². The fourth-order valence-electron chi connectivity index (χ4n) is 5.55. The second kappa shape index (κ2) is 6.45. The third-order valence-corrected chi connectivity index (χ3v) is 7.36. The molecule has 0 radical (unpaired) electrons. The normalized spacial score (nSPS) is 37.3. The zero-order chi connectivity index (χ0) is 20.6. The summed E-state index contributed by atoms with van der Waals surface area (Å²) >= 11 is 12.3. The molecule has 0 N–H and O–H groups in total. The quantitative estimate of drug-likeness (QED) is 0.552. The highest BCUT2D eigenvalue weighted by atomic mass is 35.5. The molecule has 5 heteroatoms. The summed E-state index contributed by atoms with van der Waals surface area (Å²) in [6.45, 7) is 8.77. The summed E-state index contributed by atoms with van der Waals surface area (Å²) in [5.41, 5.74) is 1.50. The van der Waals surface area contributed by atoms with Crippen LogP contribution >= 0.6 is 23.2 Å². The molecule has 4 heterocycles. The van der Waals surface area contributed by atoms with Crippen molar-refractivity contribution in [2.24, 2.45) is 17.8 Å². The fourth-order valence-corrected chi connectivity index (χ4v) is 5.80. The Morgan fingerprint density at radius 2 is 1.41 bits per heavy atom. The second-order valence-electron chi connectivity index (χ2n) is 9.42. The lowest BCUT2D eigenvalue weighted by Gasteiger charge is -2.58. The van der Waals surface area contributed by atoms with Gasteiger partial charge in [-0.3, -0.25) is 0 Å². The maximum Gasteiger partial charge on any atom is 0.204 e. The van der Waals surface area contributed by atoms with E-state index in [4.69, 9.17) is 37.4 Å². The summed E-state index contributed by atoms with van der Waals surface area (Å²) in [7, 11) is 0. The molecule has 5 atom stereocenters. The van der Waals surface area contributed by atoms with Crippen LogP contribution in [0.3, 0.4) is 0 Å². The molecule has 0 aliphatic carbocycles. The van der Waals surface area contributed by atoms with E-state index in [1.165, 1.54) is 0 Å². The standard InChI is InChI=1S/C24H26Cl2O3/c1-14(2)19-13-23(15-5-9-17(25)10-6-15)27-21-20(19)24(29-23,28-22(21,3)4)16-7-11-18(26)12-8-16/h5-12,14,19-21H,13H2,1-4H3/t19-,20+,21+,23+,24+/m0/s1. The first-order chi connectivity index (χ1) is 13.7. The minimum atomic E-state index is -0.871. The smallest absolute Gasteiger partial charge is 0.204 e. The molecular formula is C24H26Cl2O3. The van der Waals surface area contributed by atoms with Crippen molar-refractivity contribution in [3.05, 3.63) is 69.7 Å². The molecule has 154 valence electrons. The van der Waals surface area contributed by atoms with Crippen molar-refractivity contribution in [1.29, 1.82) is 0 Å². The van der Waals surface area contributed by atoms with Crippen LogP contribution in [-0.2, 0) is 25.8 Å². The largest absolute Gasteiger partial charge is 0.339 e. The molecular weight excluding hydrogens is 407 g/mol. The van der Waals surface area contributed by atoms with E-state index < -0.39 is 17.2 Å². The molecule has 2 aromatic rings. The lowest BCUT2D eigenvalue weighted by atomic mass is 9.65. The van der Waals surface area contributed by atoms with Gasteiger partial charge in [0.2, 0.25) is 5.79 Å². The molecule has 0 saturated carbocycles. The molecule has 0 spiro atoms. The number of rotatable bonds is 3. The second-order valence-corrected chi connectivity index (χ2v) is 10.3. The minimum Gasteiger partial charge on any atom is -0.339 e. The van der Waals surface area contributed by atoms with Crippen LogP contribution < -0.4 is 0 Å². The van der Waals surface area contributed by atoms with E-state index in [9.17, 15) is 0 Å². The van der Waals surface area contributed by atoms with Gasteiger partial charge >= 0.3 is 0 Å². The summed E-state index contributed by atoms with van der Waals surface area (Å²) in [5.74, 6) is -0.787. The number of fused-ring (bicyclic) bond motifs is 1. The van der Waals surface area contributed by atoms with Crippen molar-refractivity contribution >= 4 is 23.2 Å². The molecule has 4 fully saturated rings. The van der Waals surface area contributed by atoms with Crippen LogP contribution in [0.4, 0.5) is 0 Å². The van der Waals surface area contributed by atoms with Gasteiger partial charge in [0, 0.05) is 27.6 Å². The van der Waals surface area contributed by atoms with Crippen LogP contribution in [0.1, 0.15) is 45.2 Å². The number of ether oxygens (including phenoxy) is 3. The van der Waals surface area contributed by atoms with E-state index in [-0.39, 0.29) is 12.0 Å². The molecule has 0 unspecified atom stereocenters. The number of benzene rings is 2. The maximum atomic E-state index is 6.89. The lowest BCUT2D eigenvalue weighted by Crippen LogP contribution is -2.63. The SMILES string of the molecule is CC(C)[C@@H]1C[C@@]2(c3ccc(Cl)cc3)O[C@@H]3[C@@H]1[C@](c1ccc(Cl)cc1)(OC3(C)C)O2. The molecule has 29 heavy (non-hydrogen) atoms. The summed E-state index contributed by atoms with van der Waals surface area (Å²) < 4.78 is 20.4. The third kappa shape index (κ3) is 2.82. The first kappa shape index (κ1) is 19.8. The van der Waals surface area contributed by atoms with Gasteiger partial charge in [-0.05, 0) is 49.9 Å². The minimum absolute atomic E-state index is 0.0799. The molecule has 4 saturated heterocycles. The van der Waals surface area contributed by atoms with Crippen LogP contribution in [0.2, 0.25) is 10.0 Å². The highest BCUT2D eigenvalue weighted by Gasteiger charge is 2.74. The van der Waals surface area contributed by atoms with Crippen molar-refractivity contribution in [1.82, 2.24) is 0 Å². The Morgan fingerprint density at radius 3 is 1.97 bits per heavy atom. The Morgan fingerprint density at radius 1 is 0.862 bits per heavy atom. The van der Waals surface area contributed by atoms with Crippen molar-refractivity contribution < 1.29 is 14.2 Å². The zero-order valence-corrected chi connectivity index (χ0v) is 18.6. The number of hydrogen-bond acceptors (Lipinski definition) is 3. The average molecular weight is 433 g/mol. The van der Waals surface area contributed by atoms with Gasteiger partial charge in [-0.15, -0.1) is 0 Å². The van der Waals surface area contributed by atoms with Crippen LogP contribution in [-0.4, -0.2) is 11.7 Å². The highest BCUT2D eigenvalue weighted by molar-refractivity contribution is 6.30.